The van der Waals surface area contributed by atoms with Crippen molar-refractivity contribution in [2.45, 2.75) is 36.9 Å². The third-order valence-electron chi connectivity index (χ3n) is 4.75. The van der Waals surface area contributed by atoms with Gasteiger partial charge in [0.15, 0.2) is 5.16 Å². The van der Waals surface area contributed by atoms with Crippen LogP contribution in [0.15, 0.2) is 35.6 Å². The van der Waals surface area contributed by atoms with Crippen LogP contribution in [0.2, 0.25) is 0 Å². The Morgan fingerprint density at radius 3 is 2.64 bits per heavy atom. The summed E-state index contributed by atoms with van der Waals surface area (Å²) < 4.78 is 3.19. The molecule has 0 saturated carbocycles. The number of aliphatic hydroxyl groups is 1. The van der Waals surface area contributed by atoms with Crippen LogP contribution >= 0.6 is 34.4 Å². The highest BCUT2D eigenvalue weighted by Gasteiger charge is 2.17. The van der Waals surface area contributed by atoms with E-state index in [9.17, 15) is 5.11 Å². The molecule has 1 aliphatic rings. The van der Waals surface area contributed by atoms with Gasteiger partial charge in [-0.1, -0.05) is 30.3 Å². The van der Waals surface area contributed by atoms with Crippen molar-refractivity contribution in [3.63, 3.8) is 0 Å². The lowest BCUT2D eigenvalue weighted by Crippen LogP contribution is -2.30. The number of hydrogen-bond donors (Lipinski definition) is 1. The van der Waals surface area contributed by atoms with Crippen LogP contribution in [0.1, 0.15) is 43.0 Å². The van der Waals surface area contributed by atoms with Crippen molar-refractivity contribution >= 4 is 34.4 Å². The minimum Gasteiger partial charge on any atom is -0.382 e. The molecule has 0 bridgehead atoms. The molecule has 1 aromatic heterocycles. The molecule has 25 heavy (non-hydrogen) atoms. The number of benzene rings is 1. The number of likely N-dealkylation sites (tertiary alicyclic amines) is 1. The molecule has 1 aromatic carbocycles. The highest BCUT2D eigenvalue weighted by Crippen LogP contribution is 2.26. The summed E-state index contributed by atoms with van der Waals surface area (Å²) in [6.07, 6.45) is 6.46. The summed E-state index contributed by atoms with van der Waals surface area (Å²) in [5.74, 6) is 1.07. The van der Waals surface area contributed by atoms with Crippen molar-refractivity contribution < 1.29 is 5.11 Å². The Hall–Kier alpha value is -0.570. The van der Waals surface area contributed by atoms with Crippen molar-refractivity contribution in [2.75, 3.05) is 25.4 Å². The normalized spacial score (nSPS) is 16.9. The van der Waals surface area contributed by atoms with Gasteiger partial charge in [-0.2, -0.15) is 0 Å². The summed E-state index contributed by atoms with van der Waals surface area (Å²) in [5, 5.41) is 11.6. The lowest BCUT2D eigenvalue weighted by molar-refractivity contribution is 0.210. The first-order valence-corrected chi connectivity index (χ1v) is 11.0. The number of nitrogens with zero attached hydrogens (tertiary/aromatic N) is 3. The molecule has 1 N–H and O–H groups in total. The minimum atomic E-state index is -0.628. The van der Waals surface area contributed by atoms with Crippen molar-refractivity contribution in [2.24, 2.45) is 7.05 Å². The monoisotopic (exact) mass is 471 g/mol. The second-order valence-electron chi connectivity index (χ2n) is 6.58. The van der Waals surface area contributed by atoms with Gasteiger partial charge in [0, 0.05) is 16.4 Å². The van der Waals surface area contributed by atoms with E-state index in [1.807, 2.05) is 35.9 Å². The van der Waals surface area contributed by atoms with E-state index in [2.05, 4.69) is 32.5 Å². The zero-order valence-electron chi connectivity index (χ0n) is 14.7. The van der Waals surface area contributed by atoms with Gasteiger partial charge in [0.05, 0.1) is 11.9 Å². The number of halogens is 1. The largest absolute Gasteiger partial charge is 0.382 e. The van der Waals surface area contributed by atoms with E-state index in [-0.39, 0.29) is 0 Å². The van der Waals surface area contributed by atoms with Crippen LogP contribution in [-0.4, -0.2) is 44.9 Å². The maximum Gasteiger partial charge on any atom is 0.167 e. The Kier molecular flexibility index (Phi) is 7.21. The van der Waals surface area contributed by atoms with E-state index < -0.39 is 6.10 Å². The van der Waals surface area contributed by atoms with Gasteiger partial charge in [-0.25, -0.2) is 4.98 Å². The highest BCUT2D eigenvalue weighted by atomic mass is 127. The molecule has 4 nitrogen and oxygen atoms in total. The van der Waals surface area contributed by atoms with Crippen molar-refractivity contribution in [1.29, 1.82) is 0 Å². The van der Waals surface area contributed by atoms with Crippen molar-refractivity contribution in [3.05, 3.63) is 45.3 Å². The molecule has 2 aromatic rings. The fourth-order valence-electron chi connectivity index (χ4n) is 3.24. The first kappa shape index (κ1) is 19.2. The summed E-state index contributed by atoms with van der Waals surface area (Å²) in [5.41, 5.74) is 1.75. The molecule has 0 amide bonds. The van der Waals surface area contributed by atoms with Gasteiger partial charge in [0.2, 0.25) is 0 Å². The molecule has 1 aliphatic heterocycles. The minimum absolute atomic E-state index is 0.628. The fraction of sp³-hybridized carbons (Fsp3) is 0.526. The fourth-order valence-corrected chi connectivity index (χ4v) is 4.49. The Morgan fingerprint density at radius 2 is 1.92 bits per heavy atom. The predicted molar refractivity (Wildman–Crippen MR) is 112 cm³/mol. The summed E-state index contributed by atoms with van der Waals surface area (Å²) >= 11 is 4.06. The van der Waals surface area contributed by atoms with Crippen molar-refractivity contribution in [1.82, 2.24) is 14.5 Å². The average Bonchev–Trinajstić information content (AvgIpc) is 3.00. The molecule has 1 fully saturated rings. The van der Waals surface area contributed by atoms with Gasteiger partial charge in [-0.3, -0.25) is 0 Å². The van der Waals surface area contributed by atoms with Gasteiger partial charge in [0.1, 0.15) is 6.10 Å². The standard InChI is InChI=1S/C19H26IN3OS/c1-22-17(18(24)15-6-8-16(20)9-7-15)14-21-19(22)25-13-5-12-23-10-3-2-4-11-23/h6-9,14,18,24H,2-5,10-13H2,1H3. The van der Waals surface area contributed by atoms with Crippen LogP contribution in [0.25, 0.3) is 0 Å². The summed E-state index contributed by atoms with van der Waals surface area (Å²) in [6, 6.07) is 7.99. The lowest BCUT2D eigenvalue weighted by Gasteiger charge is -2.26. The number of aliphatic hydroxyl groups excluding tert-OH is 1. The molecule has 0 spiro atoms. The number of hydrogen-bond acceptors (Lipinski definition) is 4. The average molecular weight is 471 g/mol. The van der Waals surface area contributed by atoms with Crippen molar-refractivity contribution in [3.8, 4) is 0 Å². The van der Waals surface area contributed by atoms with Crippen LogP contribution in [0, 0.1) is 3.57 Å². The van der Waals surface area contributed by atoms with E-state index in [4.69, 9.17) is 0 Å². The molecule has 1 atom stereocenters. The summed E-state index contributed by atoms with van der Waals surface area (Å²) in [6.45, 7) is 3.72. The van der Waals surface area contributed by atoms with Crippen LogP contribution in [0.5, 0.6) is 0 Å². The smallest absolute Gasteiger partial charge is 0.167 e. The molecular formula is C19H26IN3OS. The number of thioether (sulfide) groups is 1. The van der Waals surface area contributed by atoms with E-state index in [1.165, 1.54) is 48.9 Å². The molecule has 136 valence electrons. The second kappa shape index (κ2) is 9.39. The van der Waals surface area contributed by atoms with Gasteiger partial charge in [-0.05, 0) is 79.2 Å². The molecule has 1 saturated heterocycles. The first-order valence-electron chi connectivity index (χ1n) is 8.95. The van der Waals surface area contributed by atoms with E-state index >= 15 is 0 Å². The van der Waals surface area contributed by atoms with Crippen LogP contribution in [0.3, 0.4) is 0 Å². The summed E-state index contributed by atoms with van der Waals surface area (Å²) in [7, 11) is 1.99. The Bertz CT molecular complexity index is 668. The van der Waals surface area contributed by atoms with E-state index in [1.54, 1.807) is 18.0 Å². The Labute approximate surface area is 168 Å². The number of aromatic nitrogens is 2. The quantitative estimate of drug-likeness (QED) is 0.376. The molecule has 2 heterocycles. The Balaban J connectivity index is 1.52. The van der Waals surface area contributed by atoms with Crippen LogP contribution in [-0.2, 0) is 7.05 Å². The molecular weight excluding hydrogens is 445 g/mol. The molecule has 0 radical (unpaired) electrons. The number of imidazole rings is 1. The van der Waals surface area contributed by atoms with Crippen LogP contribution in [0.4, 0.5) is 0 Å². The number of piperidine rings is 1. The molecule has 1 unspecified atom stereocenters. The highest BCUT2D eigenvalue weighted by molar-refractivity contribution is 14.1. The summed E-state index contributed by atoms with van der Waals surface area (Å²) in [4.78, 5) is 7.09. The third kappa shape index (κ3) is 5.21. The lowest BCUT2D eigenvalue weighted by atomic mass is 10.1. The number of rotatable bonds is 7. The molecule has 6 heteroatoms. The maximum atomic E-state index is 10.6. The first-order chi connectivity index (χ1) is 12.1. The SMILES string of the molecule is Cn1c(C(O)c2ccc(I)cc2)cnc1SCCCN1CCCCC1. The topological polar surface area (TPSA) is 41.3 Å². The Morgan fingerprint density at radius 1 is 1.20 bits per heavy atom. The predicted octanol–water partition coefficient (Wildman–Crippen LogP) is 4.07. The molecule has 3 rings (SSSR count). The van der Waals surface area contributed by atoms with Gasteiger partial charge in [0.25, 0.3) is 0 Å². The van der Waals surface area contributed by atoms with E-state index in [0.717, 1.165) is 22.2 Å². The van der Waals surface area contributed by atoms with Gasteiger partial charge >= 0.3 is 0 Å². The van der Waals surface area contributed by atoms with Gasteiger partial charge < -0.3 is 14.6 Å². The zero-order chi connectivity index (χ0) is 17.6. The second-order valence-corrected chi connectivity index (χ2v) is 8.89. The third-order valence-corrected chi connectivity index (χ3v) is 6.60. The maximum absolute atomic E-state index is 10.6. The van der Waals surface area contributed by atoms with Crippen LogP contribution < -0.4 is 0 Å². The van der Waals surface area contributed by atoms with E-state index in [0.29, 0.717) is 0 Å². The van der Waals surface area contributed by atoms with Gasteiger partial charge in [-0.15, -0.1) is 0 Å². The molecule has 0 aliphatic carbocycles. The zero-order valence-corrected chi connectivity index (χ0v) is 17.7.